The topological polar surface area (TPSA) is 49.4 Å². The van der Waals surface area contributed by atoms with Gasteiger partial charge in [0, 0.05) is 17.2 Å². The third-order valence-electron chi connectivity index (χ3n) is 3.13. The fourth-order valence-electron chi connectivity index (χ4n) is 2.20. The molecule has 1 N–H and O–H groups in total. The summed E-state index contributed by atoms with van der Waals surface area (Å²) in [5, 5.41) is 2.39. The quantitative estimate of drug-likeness (QED) is 0.655. The number of piperazine rings is 1. The van der Waals surface area contributed by atoms with Crippen molar-refractivity contribution in [2.24, 2.45) is 0 Å². The Balaban J connectivity index is 1.86. The SMILES string of the molecule is CCC1C(=O)NC(=O)CN1CCSc1ccccc1. The average molecular weight is 278 g/mol. The van der Waals surface area contributed by atoms with Crippen LogP contribution in [-0.4, -0.2) is 41.6 Å². The number of nitrogens with one attached hydrogen (secondary N) is 1. The number of rotatable bonds is 5. The molecule has 0 bridgehead atoms. The Kier molecular flexibility index (Phi) is 4.99. The Hall–Kier alpha value is -1.33. The predicted molar refractivity (Wildman–Crippen MR) is 76.0 cm³/mol. The number of imide groups is 1. The van der Waals surface area contributed by atoms with Crippen LogP contribution in [-0.2, 0) is 9.59 Å². The van der Waals surface area contributed by atoms with Crippen LogP contribution in [0.15, 0.2) is 35.2 Å². The van der Waals surface area contributed by atoms with Gasteiger partial charge < -0.3 is 0 Å². The minimum absolute atomic E-state index is 0.163. The van der Waals surface area contributed by atoms with Crippen LogP contribution >= 0.6 is 11.8 Å². The zero-order valence-corrected chi connectivity index (χ0v) is 11.8. The molecule has 0 radical (unpaired) electrons. The van der Waals surface area contributed by atoms with Gasteiger partial charge >= 0.3 is 0 Å². The molecule has 2 rings (SSSR count). The van der Waals surface area contributed by atoms with Crippen LogP contribution in [0.2, 0.25) is 0 Å². The van der Waals surface area contributed by atoms with Gasteiger partial charge in [0.1, 0.15) is 0 Å². The first-order chi connectivity index (χ1) is 9.20. The van der Waals surface area contributed by atoms with Crippen molar-refractivity contribution in [3.05, 3.63) is 30.3 Å². The van der Waals surface area contributed by atoms with E-state index in [1.165, 1.54) is 4.90 Å². The van der Waals surface area contributed by atoms with E-state index < -0.39 is 0 Å². The number of benzene rings is 1. The Morgan fingerprint density at radius 2 is 2.05 bits per heavy atom. The summed E-state index contributed by atoms with van der Waals surface area (Å²) in [5.41, 5.74) is 0. The lowest BCUT2D eigenvalue weighted by Gasteiger charge is -2.33. The summed E-state index contributed by atoms with van der Waals surface area (Å²) >= 11 is 1.74. The summed E-state index contributed by atoms with van der Waals surface area (Å²) in [5.74, 6) is 0.518. The highest BCUT2D eigenvalue weighted by molar-refractivity contribution is 7.99. The zero-order valence-electron chi connectivity index (χ0n) is 11.0. The van der Waals surface area contributed by atoms with E-state index in [1.54, 1.807) is 11.8 Å². The Bertz CT molecular complexity index is 450. The molecule has 4 nitrogen and oxygen atoms in total. The van der Waals surface area contributed by atoms with Crippen LogP contribution in [0, 0.1) is 0 Å². The van der Waals surface area contributed by atoms with Gasteiger partial charge in [0.25, 0.3) is 0 Å². The number of hydrogen-bond donors (Lipinski definition) is 1. The van der Waals surface area contributed by atoms with Gasteiger partial charge in [0.05, 0.1) is 12.6 Å². The standard InChI is InChI=1S/C14H18N2O2S/c1-2-12-14(18)15-13(17)10-16(12)8-9-19-11-6-4-3-5-7-11/h3-7,12H,2,8-10H2,1H3,(H,15,17,18). The molecule has 0 aromatic heterocycles. The zero-order chi connectivity index (χ0) is 13.7. The molecule has 0 aliphatic carbocycles. The molecule has 1 atom stereocenters. The first kappa shape index (κ1) is 14.1. The summed E-state index contributed by atoms with van der Waals surface area (Å²) in [6, 6.07) is 9.97. The fourth-order valence-corrected chi connectivity index (χ4v) is 3.11. The van der Waals surface area contributed by atoms with Crippen molar-refractivity contribution in [3.63, 3.8) is 0 Å². The second-order valence-corrected chi connectivity index (χ2v) is 5.64. The molecular weight excluding hydrogens is 260 g/mol. The summed E-state index contributed by atoms with van der Waals surface area (Å²) in [6.45, 7) is 3.04. The van der Waals surface area contributed by atoms with Crippen molar-refractivity contribution in [1.82, 2.24) is 10.2 Å². The summed E-state index contributed by atoms with van der Waals surface area (Å²) in [6.07, 6.45) is 0.731. The lowest BCUT2D eigenvalue weighted by Crippen LogP contribution is -2.58. The molecule has 0 saturated carbocycles. The molecule has 1 heterocycles. The van der Waals surface area contributed by atoms with Crippen LogP contribution < -0.4 is 5.32 Å². The molecule has 1 aliphatic heterocycles. The number of carbonyl (C=O) groups excluding carboxylic acids is 2. The van der Waals surface area contributed by atoms with Gasteiger partial charge in [-0.2, -0.15) is 0 Å². The summed E-state index contributed by atoms with van der Waals surface area (Å²) < 4.78 is 0. The first-order valence-corrected chi connectivity index (χ1v) is 7.45. The second kappa shape index (κ2) is 6.73. The molecule has 1 aromatic rings. The normalized spacial score (nSPS) is 20.4. The maximum atomic E-state index is 11.7. The van der Waals surface area contributed by atoms with Crippen LogP contribution in [0.1, 0.15) is 13.3 Å². The maximum absolute atomic E-state index is 11.7. The molecule has 5 heteroatoms. The van der Waals surface area contributed by atoms with Crippen LogP contribution in [0.4, 0.5) is 0 Å². The summed E-state index contributed by atoms with van der Waals surface area (Å²) in [4.78, 5) is 26.3. The summed E-state index contributed by atoms with van der Waals surface area (Å²) in [7, 11) is 0. The van der Waals surface area contributed by atoms with E-state index in [1.807, 2.05) is 30.0 Å². The van der Waals surface area contributed by atoms with E-state index in [2.05, 4.69) is 17.4 Å². The van der Waals surface area contributed by atoms with Crippen molar-refractivity contribution < 1.29 is 9.59 Å². The average Bonchev–Trinajstić information content (AvgIpc) is 2.39. The first-order valence-electron chi connectivity index (χ1n) is 6.46. The van der Waals surface area contributed by atoms with Crippen molar-refractivity contribution in [2.75, 3.05) is 18.8 Å². The van der Waals surface area contributed by atoms with Crippen LogP contribution in [0.5, 0.6) is 0 Å². The minimum Gasteiger partial charge on any atom is -0.294 e. The van der Waals surface area contributed by atoms with Crippen molar-refractivity contribution in [1.29, 1.82) is 0 Å². The van der Waals surface area contributed by atoms with Gasteiger partial charge in [-0.3, -0.25) is 19.8 Å². The molecule has 1 aliphatic rings. The number of carbonyl (C=O) groups is 2. The van der Waals surface area contributed by atoms with Gasteiger partial charge in [0.2, 0.25) is 11.8 Å². The Morgan fingerprint density at radius 3 is 2.74 bits per heavy atom. The number of amides is 2. The fraction of sp³-hybridized carbons (Fsp3) is 0.429. The minimum atomic E-state index is -0.195. The molecule has 19 heavy (non-hydrogen) atoms. The van der Waals surface area contributed by atoms with Crippen molar-refractivity contribution >= 4 is 23.6 Å². The second-order valence-electron chi connectivity index (χ2n) is 4.47. The molecule has 1 unspecified atom stereocenters. The van der Waals surface area contributed by atoms with Crippen molar-refractivity contribution in [3.8, 4) is 0 Å². The van der Waals surface area contributed by atoms with E-state index in [-0.39, 0.29) is 17.9 Å². The predicted octanol–water partition coefficient (Wildman–Crippen LogP) is 1.52. The lowest BCUT2D eigenvalue weighted by molar-refractivity contribution is -0.139. The lowest BCUT2D eigenvalue weighted by atomic mass is 10.1. The number of nitrogens with zero attached hydrogens (tertiary/aromatic N) is 1. The molecule has 1 saturated heterocycles. The number of thioether (sulfide) groups is 1. The monoisotopic (exact) mass is 278 g/mol. The number of hydrogen-bond acceptors (Lipinski definition) is 4. The van der Waals surface area contributed by atoms with Gasteiger partial charge in [-0.05, 0) is 18.6 Å². The van der Waals surface area contributed by atoms with E-state index >= 15 is 0 Å². The molecule has 0 spiro atoms. The van der Waals surface area contributed by atoms with Gasteiger partial charge in [-0.1, -0.05) is 25.1 Å². The highest BCUT2D eigenvalue weighted by Crippen LogP contribution is 2.18. The largest absolute Gasteiger partial charge is 0.294 e. The van der Waals surface area contributed by atoms with E-state index in [0.29, 0.717) is 6.54 Å². The molecule has 102 valence electrons. The van der Waals surface area contributed by atoms with Gasteiger partial charge in [0.15, 0.2) is 0 Å². The van der Waals surface area contributed by atoms with Crippen molar-refractivity contribution in [2.45, 2.75) is 24.3 Å². The van der Waals surface area contributed by atoms with Gasteiger partial charge in [-0.25, -0.2) is 0 Å². The Labute approximate surface area is 117 Å². The molecule has 2 amide bonds. The Morgan fingerprint density at radius 1 is 1.32 bits per heavy atom. The van der Waals surface area contributed by atoms with Gasteiger partial charge in [-0.15, -0.1) is 11.8 Å². The van der Waals surface area contributed by atoms with E-state index in [9.17, 15) is 9.59 Å². The smallest absolute Gasteiger partial charge is 0.243 e. The highest BCUT2D eigenvalue weighted by Gasteiger charge is 2.31. The van der Waals surface area contributed by atoms with E-state index in [0.717, 1.165) is 18.7 Å². The highest BCUT2D eigenvalue weighted by atomic mass is 32.2. The van der Waals surface area contributed by atoms with E-state index in [4.69, 9.17) is 0 Å². The molecule has 1 aromatic carbocycles. The molecular formula is C14H18N2O2S. The third kappa shape index (κ3) is 3.81. The maximum Gasteiger partial charge on any atom is 0.243 e. The van der Waals surface area contributed by atoms with Crippen LogP contribution in [0.3, 0.4) is 0 Å². The third-order valence-corrected chi connectivity index (χ3v) is 4.12. The van der Waals surface area contributed by atoms with Crippen LogP contribution in [0.25, 0.3) is 0 Å². The molecule has 1 fully saturated rings.